The average Bonchev–Trinajstić information content (AvgIpc) is 2.71. The fourth-order valence-corrected chi connectivity index (χ4v) is 2.02. The Morgan fingerprint density at radius 2 is 2.08 bits per heavy atom. The molecule has 13 heavy (non-hydrogen) atoms. The molecule has 0 aliphatic heterocycles. The summed E-state index contributed by atoms with van der Waals surface area (Å²) in [7, 11) is 0. The van der Waals surface area contributed by atoms with E-state index in [1.807, 2.05) is 6.07 Å². The van der Waals surface area contributed by atoms with Gasteiger partial charge in [0.15, 0.2) is 0 Å². The third-order valence-electron chi connectivity index (χ3n) is 2.79. The molecule has 0 bridgehead atoms. The number of rotatable bonds is 2. The van der Waals surface area contributed by atoms with Gasteiger partial charge in [-0.2, -0.15) is 10.2 Å². The molecule has 0 radical (unpaired) electrons. The van der Waals surface area contributed by atoms with Crippen LogP contribution in [0.4, 0.5) is 0 Å². The van der Waals surface area contributed by atoms with Crippen LogP contribution in [0.3, 0.4) is 0 Å². The van der Waals surface area contributed by atoms with Gasteiger partial charge in [0.25, 0.3) is 0 Å². The number of aliphatic hydroxyl groups excluding tert-OH is 1. The Balaban J connectivity index is 2.08. The fraction of sp³-hybridized carbons (Fsp3) is 0.600. The summed E-state index contributed by atoms with van der Waals surface area (Å²) < 4.78 is 0. The van der Waals surface area contributed by atoms with Crippen molar-refractivity contribution in [2.45, 2.75) is 31.8 Å². The van der Waals surface area contributed by atoms with Crippen LogP contribution in [-0.2, 0) is 0 Å². The van der Waals surface area contributed by atoms with E-state index in [9.17, 15) is 5.11 Å². The van der Waals surface area contributed by atoms with Crippen molar-refractivity contribution in [2.24, 2.45) is 5.92 Å². The van der Waals surface area contributed by atoms with Crippen LogP contribution >= 0.6 is 0 Å². The highest BCUT2D eigenvalue weighted by Gasteiger charge is 2.24. The van der Waals surface area contributed by atoms with E-state index in [2.05, 4.69) is 10.2 Å². The second kappa shape index (κ2) is 3.83. The van der Waals surface area contributed by atoms with E-state index < -0.39 is 0 Å². The number of nitrogens with zero attached hydrogens (tertiary/aromatic N) is 2. The van der Waals surface area contributed by atoms with Gasteiger partial charge in [0.05, 0.1) is 12.3 Å². The zero-order valence-corrected chi connectivity index (χ0v) is 7.56. The summed E-state index contributed by atoms with van der Waals surface area (Å²) in [6, 6.07) is 1.84. The third kappa shape index (κ3) is 1.86. The Morgan fingerprint density at radius 3 is 2.69 bits per heavy atom. The molecule has 70 valence electrons. The summed E-state index contributed by atoms with van der Waals surface area (Å²) in [5.74, 6) is 0.434. The van der Waals surface area contributed by atoms with Crippen LogP contribution in [-0.4, -0.2) is 15.3 Å². The molecule has 0 amide bonds. The second-order valence-corrected chi connectivity index (χ2v) is 3.67. The van der Waals surface area contributed by atoms with Crippen molar-refractivity contribution in [3.05, 3.63) is 24.0 Å². The lowest BCUT2D eigenvalue weighted by molar-refractivity contribution is 0.111. The van der Waals surface area contributed by atoms with Gasteiger partial charge in [0.2, 0.25) is 0 Å². The van der Waals surface area contributed by atoms with Gasteiger partial charge in [0, 0.05) is 11.8 Å². The van der Waals surface area contributed by atoms with E-state index in [-0.39, 0.29) is 6.10 Å². The van der Waals surface area contributed by atoms with E-state index in [0.29, 0.717) is 5.92 Å². The quantitative estimate of drug-likeness (QED) is 0.749. The summed E-state index contributed by atoms with van der Waals surface area (Å²) in [6.45, 7) is 0. The van der Waals surface area contributed by atoms with Crippen molar-refractivity contribution in [1.82, 2.24) is 10.2 Å². The highest BCUT2D eigenvalue weighted by Crippen LogP contribution is 2.34. The lowest BCUT2D eigenvalue weighted by Gasteiger charge is -2.16. The van der Waals surface area contributed by atoms with Crippen molar-refractivity contribution in [3.8, 4) is 0 Å². The van der Waals surface area contributed by atoms with Crippen molar-refractivity contribution in [1.29, 1.82) is 0 Å². The summed E-state index contributed by atoms with van der Waals surface area (Å²) >= 11 is 0. The Kier molecular flexibility index (Phi) is 2.54. The number of hydrogen-bond donors (Lipinski definition) is 1. The van der Waals surface area contributed by atoms with Gasteiger partial charge in [-0.15, -0.1) is 0 Å². The third-order valence-corrected chi connectivity index (χ3v) is 2.79. The van der Waals surface area contributed by atoms with Crippen LogP contribution in [0.5, 0.6) is 0 Å². The molecule has 1 N–H and O–H groups in total. The average molecular weight is 178 g/mol. The van der Waals surface area contributed by atoms with E-state index in [4.69, 9.17) is 0 Å². The first-order chi connectivity index (χ1) is 6.38. The molecule has 1 saturated carbocycles. The number of aliphatic hydroxyl groups is 1. The van der Waals surface area contributed by atoms with Gasteiger partial charge in [0.1, 0.15) is 0 Å². The Hall–Kier alpha value is -0.960. The van der Waals surface area contributed by atoms with E-state index >= 15 is 0 Å². The summed E-state index contributed by atoms with van der Waals surface area (Å²) in [5.41, 5.74) is 0.905. The van der Waals surface area contributed by atoms with E-state index in [0.717, 1.165) is 18.4 Å². The molecule has 1 aromatic rings. The first-order valence-corrected chi connectivity index (χ1v) is 4.82. The second-order valence-electron chi connectivity index (χ2n) is 3.67. The lowest BCUT2D eigenvalue weighted by atomic mass is 9.96. The molecule has 1 aliphatic rings. The zero-order chi connectivity index (χ0) is 9.10. The minimum absolute atomic E-state index is 0.335. The van der Waals surface area contributed by atoms with Crippen LogP contribution in [0.25, 0.3) is 0 Å². The first-order valence-electron chi connectivity index (χ1n) is 4.82. The minimum Gasteiger partial charge on any atom is -0.388 e. The molecule has 3 nitrogen and oxygen atoms in total. The normalized spacial score (nSPS) is 20.4. The van der Waals surface area contributed by atoms with Gasteiger partial charge < -0.3 is 5.11 Å². The molecule has 1 unspecified atom stereocenters. The van der Waals surface area contributed by atoms with Gasteiger partial charge in [-0.05, 0) is 24.8 Å². The molecule has 1 fully saturated rings. The standard InChI is InChI=1S/C10H14N2O/c13-10(8-3-1-2-4-8)9-5-6-11-12-7-9/h5-8,10,13H,1-4H2. The highest BCUT2D eigenvalue weighted by molar-refractivity contribution is 5.10. The van der Waals surface area contributed by atoms with E-state index in [1.165, 1.54) is 12.8 Å². The molecule has 2 rings (SSSR count). The fourth-order valence-electron chi connectivity index (χ4n) is 2.02. The van der Waals surface area contributed by atoms with Crippen molar-refractivity contribution in [3.63, 3.8) is 0 Å². The topological polar surface area (TPSA) is 46.0 Å². The maximum Gasteiger partial charge on any atom is 0.0834 e. The monoisotopic (exact) mass is 178 g/mol. The van der Waals surface area contributed by atoms with Gasteiger partial charge in [-0.25, -0.2) is 0 Å². The maximum absolute atomic E-state index is 9.95. The van der Waals surface area contributed by atoms with Crippen molar-refractivity contribution < 1.29 is 5.11 Å². The Morgan fingerprint density at radius 1 is 1.31 bits per heavy atom. The Labute approximate surface area is 77.8 Å². The van der Waals surface area contributed by atoms with Crippen molar-refractivity contribution >= 4 is 0 Å². The largest absolute Gasteiger partial charge is 0.388 e. The minimum atomic E-state index is -0.335. The molecule has 3 heteroatoms. The van der Waals surface area contributed by atoms with Crippen LogP contribution in [0.15, 0.2) is 18.5 Å². The predicted molar refractivity (Wildman–Crippen MR) is 48.9 cm³/mol. The number of aromatic nitrogens is 2. The van der Waals surface area contributed by atoms with Crippen molar-refractivity contribution in [2.75, 3.05) is 0 Å². The van der Waals surface area contributed by atoms with E-state index in [1.54, 1.807) is 12.4 Å². The van der Waals surface area contributed by atoms with Gasteiger partial charge in [-0.3, -0.25) is 0 Å². The van der Waals surface area contributed by atoms with Crippen LogP contribution in [0.1, 0.15) is 37.4 Å². The number of hydrogen-bond acceptors (Lipinski definition) is 3. The lowest BCUT2D eigenvalue weighted by Crippen LogP contribution is -2.09. The molecule has 1 atom stereocenters. The molecule has 1 aromatic heterocycles. The van der Waals surface area contributed by atoms with Crippen LogP contribution in [0, 0.1) is 5.92 Å². The SMILES string of the molecule is OC(c1ccnnc1)C1CCCC1. The zero-order valence-electron chi connectivity index (χ0n) is 7.56. The summed E-state index contributed by atoms with van der Waals surface area (Å²) in [5, 5.41) is 17.4. The Bertz CT molecular complexity index is 257. The van der Waals surface area contributed by atoms with Gasteiger partial charge >= 0.3 is 0 Å². The summed E-state index contributed by atoms with van der Waals surface area (Å²) in [6.07, 6.45) is 7.74. The molecule has 1 heterocycles. The molecule has 1 aliphatic carbocycles. The van der Waals surface area contributed by atoms with Crippen LogP contribution in [0.2, 0.25) is 0 Å². The predicted octanol–water partition coefficient (Wildman–Crippen LogP) is 1.70. The first kappa shape index (κ1) is 8.63. The molecule has 0 saturated heterocycles. The van der Waals surface area contributed by atoms with Gasteiger partial charge in [-0.1, -0.05) is 12.8 Å². The summed E-state index contributed by atoms with van der Waals surface area (Å²) in [4.78, 5) is 0. The molecule has 0 spiro atoms. The molecular formula is C10H14N2O. The highest BCUT2D eigenvalue weighted by atomic mass is 16.3. The molecular weight excluding hydrogens is 164 g/mol. The smallest absolute Gasteiger partial charge is 0.0834 e. The molecule has 0 aromatic carbocycles. The van der Waals surface area contributed by atoms with Crippen LogP contribution < -0.4 is 0 Å². The maximum atomic E-state index is 9.95.